The molecule has 1 aliphatic rings. The lowest BCUT2D eigenvalue weighted by Crippen LogP contribution is -2.32. The van der Waals surface area contributed by atoms with E-state index in [1.54, 1.807) is 0 Å². The second-order valence-electron chi connectivity index (χ2n) is 5.56. The van der Waals surface area contributed by atoms with Gasteiger partial charge in [-0.3, -0.25) is 4.67 Å². The summed E-state index contributed by atoms with van der Waals surface area (Å²) in [6.07, 6.45) is 6.72. The number of hydrogen-bond donors (Lipinski definition) is 1. The van der Waals surface area contributed by atoms with Gasteiger partial charge in [0.15, 0.2) is 0 Å². The van der Waals surface area contributed by atoms with Gasteiger partial charge < -0.3 is 5.73 Å². The predicted octanol–water partition coefficient (Wildman–Crippen LogP) is 2.64. The van der Waals surface area contributed by atoms with Crippen molar-refractivity contribution < 1.29 is 0 Å². The summed E-state index contributed by atoms with van der Waals surface area (Å²) >= 11 is 0. The Bertz CT molecular complexity index is 182. The van der Waals surface area contributed by atoms with E-state index in [0.717, 1.165) is 12.5 Å². The summed E-state index contributed by atoms with van der Waals surface area (Å²) in [5.41, 5.74) is 6.21. The highest BCUT2D eigenvalue weighted by molar-refractivity contribution is 7.13. The monoisotopic (exact) mass is 230 g/mol. The first kappa shape index (κ1) is 13.4. The predicted molar refractivity (Wildman–Crippen MR) is 70.7 cm³/mol. The molecule has 0 aliphatic carbocycles. The number of nitrogens with two attached hydrogens (primary N) is 1. The first-order valence-corrected chi connectivity index (χ1v) is 6.77. The van der Waals surface area contributed by atoms with Crippen LogP contribution in [0.25, 0.3) is 0 Å². The van der Waals surface area contributed by atoms with E-state index in [2.05, 4.69) is 27.9 Å². The van der Waals surface area contributed by atoms with Crippen LogP contribution in [0.2, 0.25) is 0 Å². The van der Waals surface area contributed by atoms with E-state index in [9.17, 15) is 0 Å². The SMILES string of the molecule is CC(C)(CN)C1CCCCN(P)CCC1. The average molecular weight is 230 g/mol. The van der Waals surface area contributed by atoms with E-state index in [1.165, 1.54) is 45.2 Å². The van der Waals surface area contributed by atoms with Crippen molar-refractivity contribution in [1.82, 2.24) is 4.67 Å². The van der Waals surface area contributed by atoms with Crippen LogP contribution in [0.3, 0.4) is 0 Å². The number of hydrogen-bond acceptors (Lipinski definition) is 2. The van der Waals surface area contributed by atoms with Crippen LogP contribution in [0.1, 0.15) is 46.0 Å². The Hall–Kier alpha value is 0.350. The van der Waals surface area contributed by atoms with Gasteiger partial charge in [0, 0.05) is 13.1 Å². The van der Waals surface area contributed by atoms with Crippen LogP contribution in [0, 0.1) is 11.3 Å². The molecule has 2 nitrogen and oxygen atoms in total. The zero-order valence-electron chi connectivity index (χ0n) is 10.3. The quantitative estimate of drug-likeness (QED) is 0.739. The van der Waals surface area contributed by atoms with Crippen molar-refractivity contribution >= 4 is 9.39 Å². The molecule has 2 atom stereocenters. The Balaban J connectivity index is 2.50. The van der Waals surface area contributed by atoms with Crippen LogP contribution in [-0.2, 0) is 0 Å². The number of rotatable bonds is 2. The third-order valence-corrected chi connectivity index (χ3v) is 4.39. The van der Waals surface area contributed by atoms with Gasteiger partial charge in [-0.1, -0.05) is 29.7 Å². The molecule has 1 aliphatic heterocycles. The molecule has 0 aromatic rings. The zero-order chi connectivity index (χ0) is 11.3. The number of nitrogens with zero attached hydrogens (tertiary/aromatic N) is 1. The first-order valence-electron chi connectivity index (χ1n) is 6.26. The normalized spacial score (nSPS) is 26.8. The maximum Gasteiger partial charge on any atom is 0.00162 e. The Morgan fingerprint density at radius 1 is 1.20 bits per heavy atom. The molecule has 0 spiro atoms. The molecule has 2 unspecified atom stereocenters. The minimum absolute atomic E-state index is 0.329. The molecule has 0 amide bonds. The van der Waals surface area contributed by atoms with E-state index in [0.29, 0.717) is 5.41 Å². The van der Waals surface area contributed by atoms with Gasteiger partial charge in [0.05, 0.1) is 0 Å². The van der Waals surface area contributed by atoms with Gasteiger partial charge in [0.25, 0.3) is 0 Å². The highest BCUT2D eigenvalue weighted by Gasteiger charge is 2.27. The van der Waals surface area contributed by atoms with Gasteiger partial charge in [-0.2, -0.15) is 0 Å². The molecular formula is C12H27N2P. The van der Waals surface area contributed by atoms with Crippen LogP contribution >= 0.6 is 9.39 Å². The lowest BCUT2D eigenvalue weighted by Gasteiger charge is -2.33. The van der Waals surface area contributed by atoms with Crippen molar-refractivity contribution in [1.29, 1.82) is 0 Å². The van der Waals surface area contributed by atoms with E-state index >= 15 is 0 Å². The fraction of sp³-hybridized carbons (Fsp3) is 1.00. The second kappa shape index (κ2) is 6.18. The molecule has 1 rings (SSSR count). The standard InChI is InChI=1S/C12H27N2P/c1-12(2,10-13)11-6-3-4-8-14(15)9-5-7-11/h11H,3-10,13,15H2,1-2H3. The molecule has 15 heavy (non-hydrogen) atoms. The minimum Gasteiger partial charge on any atom is -0.330 e. The van der Waals surface area contributed by atoms with Crippen LogP contribution < -0.4 is 5.73 Å². The Labute approximate surface area is 97.2 Å². The van der Waals surface area contributed by atoms with E-state index in [-0.39, 0.29) is 0 Å². The molecular weight excluding hydrogens is 203 g/mol. The van der Waals surface area contributed by atoms with Gasteiger partial charge in [-0.15, -0.1) is 0 Å². The average Bonchev–Trinajstić information content (AvgIpc) is 2.30. The first-order chi connectivity index (χ1) is 7.06. The summed E-state index contributed by atoms with van der Waals surface area (Å²) in [5.74, 6) is 0.819. The van der Waals surface area contributed by atoms with Gasteiger partial charge in [-0.25, -0.2) is 0 Å². The third-order valence-electron chi connectivity index (χ3n) is 3.88. The molecule has 1 saturated heterocycles. The van der Waals surface area contributed by atoms with E-state index in [4.69, 9.17) is 5.73 Å². The minimum atomic E-state index is 0.329. The van der Waals surface area contributed by atoms with Crippen LogP contribution in [0.15, 0.2) is 0 Å². The largest absolute Gasteiger partial charge is 0.330 e. The maximum atomic E-state index is 5.88. The molecule has 3 heteroatoms. The molecule has 0 aromatic carbocycles. The summed E-state index contributed by atoms with van der Waals surface area (Å²) in [6.45, 7) is 7.94. The Kier molecular flexibility index (Phi) is 5.52. The third kappa shape index (κ3) is 4.38. The van der Waals surface area contributed by atoms with E-state index < -0.39 is 0 Å². The van der Waals surface area contributed by atoms with Crippen LogP contribution in [0.5, 0.6) is 0 Å². The lowest BCUT2D eigenvalue weighted by molar-refractivity contribution is 0.191. The summed E-state index contributed by atoms with van der Waals surface area (Å²) < 4.78 is 2.39. The van der Waals surface area contributed by atoms with Crippen molar-refractivity contribution in [2.75, 3.05) is 19.6 Å². The lowest BCUT2D eigenvalue weighted by atomic mass is 9.74. The molecule has 1 heterocycles. The van der Waals surface area contributed by atoms with Crippen molar-refractivity contribution in [2.45, 2.75) is 46.0 Å². The van der Waals surface area contributed by atoms with Crippen LogP contribution in [-0.4, -0.2) is 24.3 Å². The molecule has 2 N–H and O–H groups in total. The Morgan fingerprint density at radius 2 is 1.80 bits per heavy atom. The fourth-order valence-electron chi connectivity index (χ4n) is 2.45. The topological polar surface area (TPSA) is 29.3 Å². The summed E-state index contributed by atoms with van der Waals surface area (Å²) in [4.78, 5) is 0. The van der Waals surface area contributed by atoms with Gasteiger partial charge in [0.2, 0.25) is 0 Å². The Morgan fingerprint density at radius 3 is 2.47 bits per heavy atom. The smallest absolute Gasteiger partial charge is 0.00162 e. The van der Waals surface area contributed by atoms with Crippen molar-refractivity contribution in [3.8, 4) is 0 Å². The van der Waals surface area contributed by atoms with Gasteiger partial charge in [-0.05, 0) is 43.6 Å². The van der Waals surface area contributed by atoms with Gasteiger partial charge >= 0.3 is 0 Å². The summed E-state index contributed by atoms with van der Waals surface area (Å²) in [7, 11) is 2.85. The van der Waals surface area contributed by atoms with E-state index in [1.807, 2.05) is 0 Å². The molecule has 90 valence electrons. The maximum absolute atomic E-state index is 5.88. The molecule has 1 fully saturated rings. The molecule has 0 aromatic heterocycles. The van der Waals surface area contributed by atoms with Crippen molar-refractivity contribution in [3.05, 3.63) is 0 Å². The zero-order valence-corrected chi connectivity index (χ0v) is 11.5. The van der Waals surface area contributed by atoms with Crippen molar-refractivity contribution in [3.63, 3.8) is 0 Å². The molecule has 0 saturated carbocycles. The molecule has 0 radical (unpaired) electrons. The van der Waals surface area contributed by atoms with Crippen LogP contribution in [0.4, 0.5) is 0 Å². The fourth-order valence-corrected chi connectivity index (χ4v) is 2.82. The van der Waals surface area contributed by atoms with Crippen molar-refractivity contribution in [2.24, 2.45) is 17.1 Å². The highest BCUT2D eigenvalue weighted by atomic mass is 31.0. The highest BCUT2D eigenvalue weighted by Crippen LogP contribution is 2.34. The summed E-state index contributed by atoms with van der Waals surface area (Å²) in [6, 6.07) is 0. The second-order valence-corrected chi connectivity index (χ2v) is 6.29. The molecule has 0 bridgehead atoms. The summed E-state index contributed by atoms with van der Waals surface area (Å²) in [5, 5.41) is 0. The van der Waals surface area contributed by atoms with Gasteiger partial charge in [0.1, 0.15) is 0 Å².